The topological polar surface area (TPSA) is 91.0 Å². The molecule has 0 spiro atoms. The molecule has 2 saturated heterocycles. The molecule has 0 aliphatic carbocycles. The third kappa shape index (κ3) is 4.31. The van der Waals surface area contributed by atoms with Crippen LogP contribution in [0.5, 0.6) is 5.75 Å². The van der Waals surface area contributed by atoms with Crippen LogP contribution in [0.1, 0.15) is 30.9 Å². The number of nitrogens with one attached hydrogen (secondary N) is 2. The molecule has 0 bridgehead atoms. The zero-order valence-corrected chi connectivity index (χ0v) is 18.4. The molecular formula is C24H28N4O4. The van der Waals surface area contributed by atoms with Crippen LogP contribution in [0.15, 0.2) is 48.5 Å². The van der Waals surface area contributed by atoms with Crippen molar-refractivity contribution in [3.05, 3.63) is 59.7 Å². The standard InChI is InChI=1S/C24H28N4O4/c1-24(18-9-11-19(32-2)12-10-18)22(30)28(23(31)26-24)16-21(29)25-20-8-4-3-7-17(20)15-27-13-5-6-14-27/h3-4,7-12H,5-6,13-16H2,1-2H3,(H,25,29)(H,26,31). The molecule has 1 unspecified atom stereocenters. The third-order valence-corrected chi connectivity index (χ3v) is 6.13. The smallest absolute Gasteiger partial charge is 0.325 e. The lowest BCUT2D eigenvalue weighted by Crippen LogP contribution is -2.42. The molecule has 32 heavy (non-hydrogen) atoms. The number of hydrogen-bond donors (Lipinski definition) is 2. The SMILES string of the molecule is COc1ccc(C2(C)NC(=O)N(CC(=O)Nc3ccccc3CN3CCCC3)C2=O)cc1. The number of nitrogens with zero attached hydrogens (tertiary/aromatic N) is 2. The largest absolute Gasteiger partial charge is 0.497 e. The lowest BCUT2D eigenvalue weighted by molar-refractivity contribution is -0.133. The predicted octanol–water partition coefficient (Wildman–Crippen LogP) is 2.70. The Labute approximate surface area is 187 Å². The number of imide groups is 1. The molecule has 2 N–H and O–H groups in total. The van der Waals surface area contributed by atoms with Gasteiger partial charge < -0.3 is 15.4 Å². The molecule has 2 aliphatic heterocycles. The summed E-state index contributed by atoms with van der Waals surface area (Å²) < 4.78 is 5.16. The van der Waals surface area contributed by atoms with Gasteiger partial charge in [0.1, 0.15) is 17.8 Å². The van der Waals surface area contributed by atoms with Crippen LogP contribution < -0.4 is 15.4 Å². The van der Waals surface area contributed by atoms with Crippen molar-refractivity contribution < 1.29 is 19.1 Å². The van der Waals surface area contributed by atoms with Crippen molar-refractivity contribution in [1.82, 2.24) is 15.1 Å². The summed E-state index contributed by atoms with van der Waals surface area (Å²) >= 11 is 0. The first-order valence-electron chi connectivity index (χ1n) is 10.8. The number of amides is 4. The minimum absolute atomic E-state index is 0.353. The lowest BCUT2D eigenvalue weighted by Gasteiger charge is -2.22. The van der Waals surface area contributed by atoms with Gasteiger partial charge >= 0.3 is 6.03 Å². The van der Waals surface area contributed by atoms with Gasteiger partial charge in [-0.2, -0.15) is 0 Å². The predicted molar refractivity (Wildman–Crippen MR) is 120 cm³/mol. The van der Waals surface area contributed by atoms with Crippen molar-refractivity contribution in [2.24, 2.45) is 0 Å². The van der Waals surface area contributed by atoms with Crippen LogP contribution in [0.3, 0.4) is 0 Å². The first kappa shape index (κ1) is 21.8. The van der Waals surface area contributed by atoms with Crippen molar-refractivity contribution in [3.63, 3.8) is 0 Å². The fraction of sp³-hybridized carbons (Fsp3) is 0.375. The van der Waals surface area contributed by atoms with Crippen LogP contribution in [-0.4, -0.2) is 54.4 Å². The minimum Gasteiger partial charge on any atom is -0.497 e. The maximum Gasteiger partial charge on any atom is 0.325 e. The number of carbonyl (C=O) groups excluding carboxylic acids is 3. The molecule has 2 fully saturated rings. The fourth-order valence-electron chi connectivity index (χ4n) is 4.26. The second-order valence-electron chi connectivity index (χ2n) is 8.36. The van der Waals surface area contributed by atoms with E-state index in [1.807, 2.05) is 24.3 Å². The number of benzene rings is 2. The normalized spacial score (nSPS) is 21.0. The Morgan fingerprint density at radius 3 is 2.47 bits per heavy atom. The van der Waals surface area contributed by atoms with E-state index in [0.29, 0.717) is 17.0 Å². The molecule has 8 nitrogen and oxygen atoms in total. The van der Waals surface area contributed by atoms with E-state index in [1.165, 1.54) is 12.8 Å². The average molecular weight is 437 g/mol. The van der Waals surface area contributed by atoms with E-state index in [9.17, 15) is 14.4 Å². The number of rotatable bonds is 7. The minimum atomic E-state index is -1.24. The molecular weight excluding hydrogens is 408 g/mol. The molecule has 8 heteroatoms. The summed E-state index contributed by atoms with van der Waals surface area (Å²) in [5.41, 5.74) is 1.10. The number of methoxy groups -OCH3 is 1. The van der Waals surface area contributed by atoms with E-state index in [2.05, 4.69) is 15.5 Å². The van der Waals surface area contributed by atoms with E-state index in [4.69, 9.17) is 4.74 Å². The number of anilines is 1. The molecule has 2 aromatic carbocycles. The lowest BCUT2D eigenvalue weighted by atomic mass is 9.92. The van der Waals surface area contributed by atoms with Gasteiger partial charge in [-0.3, -0.25) is 19.4 Å². The Bertz CT molecular complexity index is 1020. The van der Waals surface area contributed by atoms with Gasteiger partial charge in [-0.05, 0) is 62.2 Å². The number of likely N-dealkylation sites (tertiary alicyclic amines) is 1. The molecule has 4 rings (SSSR count). The molecule has 2 aromatic rings. The Hall–Kier alpha value is -3.39. The molecule has 0 radical (unpaired) electrons. The summed E-state index contributed by atoms with van der Waals surface area (Å²) in [5.74, 6) is -0.229. The summed E-state index contributed by atoms with van der Waals surface area (Å²) in [5, 5.41) is 5.60. The fourth-order valence-corrected chi connectivity index (χ4v) is 4.26. The molecule has 0 saturated carbocycles. The number of para-hydroxylation sites is 1. The van der Waals surface area contributed by atoms with Gasteiger partial charge in [0.2, 0.25) is 5.91 Å². The van der Waals surface area contributed by atoms with Crippen LogP contribution in [0.25, 0.3) is 0 Å². The highest BCUT2D eigenvalue weighted by atomic mass is 16.5. The van der Waals surface area contributed by atoms with Crippen molar-refractivity contribution >= 4 is 23.5 Å². The highest BCUT2D eigenvalue weighted by Crippen LogP contribution is 2.30. The van der Waals surface area contributed by atoms with Crippen molar-refractivity contribution in [2.75, 3.05) is 32.1 Å². The maximum absolute atomic E-state index is 13.1. The summed E-state index contributed by atoms with van der Waals surface area (Å²) in [6, 6.07) is 14.0. The van der Waals surface area contributed by atoms with Crippen LogP contribution in [0.4, 0.5) is 10.5 Å². The summed E-state index contributed by atoms with van der Waals surface area (Å²) in [6.07, 6.45) is 2.38. The number of carbonyl (C=O) groups is 3. The Balaban J connectivity index is 1.44. The van der Waals surface area contributed by atoms with E-state index >= 15 is 0 Å². The summed E-state index contributed by atoms with van der Waals surface area (Å²) in [7, 11) is 1.56. The molecule has 4 amide bonds. The number of urea groups is 1. The molecule has 2 aliphatic rings. The van der Waals surface area contributed by atoms with Crippen molar-refractivity contribution in [3.8, 4) is 5.75 Å². The first-order chi connectivity index (χ1) is 15.4. The highest BCUT2D eigenvalue weighted by Gasteiger charge is 2.49. The van der Waals surface area contributed by atoms with Gasteiger partial charge in [0.05, 0.1) is 7.11 Å². The van der Waals surface area contributed by atoms with E-state index in [0.717, 1.165) is 30.1 Å². The molecule has 2 heterocycles. The van der Waals surface area contributed by atoms with Gasteiger partial charge in [-0.1, -0.05) is 30.3 Å². The van der Waals surface area contributed by atoms with Crippen LogP contribution in [-0.2, 0) is 21.7 Å². The maximum atomic E-state index is 13.1. The molecule has 1 atom stereocenters. The van der Waals surface area contributed by atoms with Crippen LogP contribution >= 0.6 is 0 Å². The molecule has 0 aromatic heterocycles. The van der Waals surface area contributed by atoms with E-state index in [-0.39, 0.29) is 6.54 Å². The van der Waals surface area contributed by atoms with E-state index in [1.54, 1.807) is 38.3 Å². The quantitative estimate of drug-likeness (QED) is 0.652. The Morgan fingerprint density at radius 1 is 1.09 bits per heavy atom. The van der Waals surface area contributed by atoms with Gasteiger partial charge in [0.25, 0.3) is 5.91 Å². The van der Waals surface area contributed by atoms with Gasteiger partial charge in [0.15, 0.2) is 0 Å². The van der Waals surface area contributed by atoms with Gasteiger partial charge in [-0.15, -0.1) is 0 Å². The van der Waals surface area contributed by atoms with Crippen molar-refractivity contribution in [1.29, 1.82) is 0 Å². The Morgan fingerprint density at radius 2 is 1.78 bits per heavy atom. The zero-order chi connectivity index (χ0) is 22.7. The zero-order valence-electron chi connectivity index (χ0n) is 18.4. The second kappa shape index (κ2) is 9.00. The van der Waals surface area contributed by atoms with Crippen LogP contribution in [0.2, 0.25) is 0 Å². The number of hydrogen-bond acceptors (Lipinski definition) is 5. The van der Waals surface area contributed by atoms with Crippen molar-refractivity contribution in [2.45, 2.75) is 31.8 Å². The first-order valence-corrected chi connectivity index (χ1v) is 10.8. The highest BCUT2D eigenvalue weighted by molar-refractivity contribution is 6.10. The third-order valence-electron chi connectivity index (χ3n) is 6.13. The summed E-state index contributed by atoms with van der Waals surface area (Å²) in [6.45, 7) is 4.14. The second-order valence-corrected chi connectivity index (χ2v) is 8.36. The van der Waals surface area contributed by atoms with Gasteiger partial charge in [0, 0.05) is 12.2 Å². The number of ether oxygens (including phenoxy) is 1. The summed E-state index contributed by atoms with van der Waals surface area (Å²) in [4.78, 5) is 41.7. The van der Waals surface area contributed by atoms with Crippen LogP contribution in [0, 0.1) is 0 Å². The van der Waals surface area contributed by atoms with Gasteiger partial charge in [-0.25, -0.2) is 4.79 Å². The average Bonchev–Trinajstić information content (AvgIpc) is 3.38. The monoisotopic (exact) mass is 436 g/mol. The van der Waals surface area contributed by atoms with E-state index < -0.39 is 23.4 Å². The molecule has 168 valence electrons. The Kier molecular flexibility index (Phi) is 6.14.